The van der Waals surface area contributed by atoms with Crippen molar-refractivity contribution in [1.29, 1.82) is 0 Å². The van der Waals surface area contributed by atoms with Crippen LogP contribution in [0.2, 0.25) is 5.15 Å². The number of halogens is 3. The third-order valence-electron chi connectivity index (χ3n) is 6.37. The highest BCUT2D eigenvalue weighted by molar-refractivity contribution is 6.34. The predicted octanol–water partition coefficient (Wildman–Crippen LogP) is 7.75. The number of rotatable bonds is 10. The van der Waals surface area contributed by atoms with Gasteiger partial charge in [-0.2, -0.15) is 0 Å². The Bertz CT molecular complexity index is 1900. The highest BCUT2D eigenvalue weighted by atomic mass is 35.5. The molecule has 3 aromatic carbocycles. The first-order valence-electron chi connectivity index (χ1n) is 13.4. The summed E-state index contributed by atoms with van der Waals surface area (Å²) in [6.07, 6.45) is 2.87. The fraction of sp³-hybridized carbons (Fsp3) is 0.226. The summed E-state index contributed by atoms with van der Waals surface area (Å²) < 4.78 is 27.8. The maximum absolute atomic E-state index is 6.05. The summed E-state index contributed by atoms with van der Waals surface area (Å²) in [5.74, 6) is 4.28. The average Bonchev–Trinajstić information content (AvgIpc) is 3.41. The molecule has 228 valence electrons. The number of benzene rings is 3. The van der Waals surface area contributed by atoms with Gasteiger partial charge in [0.05, 0.1) is 42.4 Å². The van der Waals surface area contributed by atoms with Crippen LogP contribution in [0.4, 0.5) is 0 Å². The number of hydrogen-bond acceptors (Lipinski definition) is 9. The topological polar surface area (TPSA) is 114 Å². The first-order valence-corrected chi connectivity index (χ1v) is 14.8. The van der Waals surface area contributed by atoms with Crippen LogP contribution in [0.15, 0.2) is 61.2 Å². The zero-order chi connectivity index (χ0) is 31.1. The molecule has 6 rings (SSSR count). The standard InChI is InChI=1S/C20H18ClN3O3.C11H10Cl2N2O2/c1-12-7-13-8-14(3-4-16(13)24-12)27-20-15-9-18(25-2)19(26-6-5-21)10-17(15)22-11-23-20;1-16-9-4-7-8(14-6-15-11(7)13)5-10(9)17-3-2-12/h3-4,7-11,24H,5-6H2,1-2H3;4-6H,2-3H2,1H3. The maximum Gasteiger partial charge on any atom is 0.230 e. The van der Waals surface area contributed by atoms with Crippen LogP contribution in [0.1, 0.15) is 5.69 Å². The molecule has 6 aromatic rings. The molecule has 1 N–H and O–H groups in total. The Balaban J connectivity index is 0.000000195. The van der Waals surface area contributed by atoms with Crippen molar-refractivity contribution in [2.45, 2.75) is 6.92 Å². The van der Waals surface area contributed by atoms with Crippen LogP contribution in [-0.2, 0) is 0 Å². The van der Waals surface area contributed by atoms with Gasteiger partial charge in [0.2, 0.25) is 5.88 Å². The van der Waals surface area contributed by atoms with Gasteiger partial charge in [-0.3, -0.25) is 0 Å². The highest BCUT2D eigenvalue weighted by Gasteiger charge is 2.14. The molecule has 0 aliphatic heterocycles. The number of nitrogens with zero attached hydrogens (tertiary/aromatic N) is 4. The number of hydrogen-bond donors (Lipinski definition) is 1. The number of aryl methyl sites for hydroxylation is 1. The Morgan fingerprint density at radius 3 is 1.95 bits per heavy atom. The van der Waals surface area contributed by atoms with Crippen LogP contribution >= 0.6 is 34.8 Å². The summed E-state index contributed by atoms with van der Waals surface area (Å²) in [5, 5.41) is 2.93. The van der Waals surface area contributed by atoms with Crippen molar-refractivity contribution in [3.8, 4) is 34.6 Å². The van der Waals surface area contributed by atoms with Crippen LogP contribution in [0.5, 0.6) is 34.6 Å². The first-order chi connectivity index (χ1) is 21.4. The zero-order valence-corrected chi connectivity index (χ0v) is 26.3. The van der Waals surface area contributed by atoms with E-state index in [0.29, 0.717) is 75.8 Å². The van der Waals surface area contributed by atoms with Gasteiger partial charge in [-0.15, -0.1) is 23.2 Å². The van der Waals surface area contributed by atoms with Crippen molar-refractivity contribution < 1.29 is 23.7 Å². The molecule has 13 heteroatoms. The van der Waals surface area contributed by atoms with Crippen LogP contribution in [0, 0.1) is 6.92 Å². The van der Waals surface area contributed by atoms with E-state index >= 15 is 0 Å². The summed E-state index contributed by atoms with van der Waals surface area (Å²) in [6, 6.07) is 15.1. The van der Waals surface area contributed by atoms with E-state index < -0.39 is 0 Å². The summed E-state index contributed by atoms with van der Waals surface area (Å²) in [7, 11) is 3.15. The van der Waals surface area contributed by atoms with Crippen molar-refractivity contribution in [3.63, 3.8) is 0 Å². The fourth-order valence-corrected chi connectivity index (χ4v) is 4.78. The molecule has 0 amide bonds. The third-order valence-corrected chi connectivity index (χ3v) is 6.98. The van der Waals surface area contributed by atoms with Crippen LogP contribution in [0.3, 0.4) is 0 Å². The lowest BCUT2D eigenvalue weighted by Gasteiger charge is -2.12. The van der Waals surface area contributed by atoms with Crippen molar-refractivity contribution in [1.82, 2.24) is 24.9 Å². The lowest BCUT2D eigenvalue weighted by atomic mass is 10.2. The van der Waals surface area contributed by atoms with Gasteiger partial charge < -0.3 is 28.7 Å². The van der Waals surface area contributed by atoms with Gasteiger partial charge in [0, 0.05) is 34.1 Å². The monoisotopic (exact) mass is 655 g/mol. The molecule has 0 radical (unpaired) electrons. The summed E-state index contributed by atoms with van der Waals surface area (Å²) in [5.41, 5.74) is 3.57. The molecule has 0 spiro atoms. The minimum Gasteiger partial charge on any atom is -0.493 e. The van der Waals surface area contributed by atoms with Gasteiger partial charge in [0.1, 0.15) is 36.8 Å². The number of fused-ring (bicyclic) bond motifs is 3. The van der Waals surface area contributed by atoms with E-state index in [1.54, 1.807) is 32.4 Å². The minimum absolute atomic E-state index is 0.383. The van der Waals surface area contributed by atoms with Crippen molar-refractivity contribution in [2.75, 3.05) is 39.2 Å². The third kappa shape index (κ3) is 7.10. The van der Waals surface area contributed by atoms with Gasteiger partial charge in [0.25, 0.3) is 0 Å². The second kappa shape index (κ2) is 14.5. The Morgan fingerprint density at radius 1 is 0.705 bits per heavy atom. The highest BCUT2D eigenvalue weighted by Crippen LogP contribution is 2.37. The maximum atomic E-state index is 6.05. The smallest absolute Gasteiger partial charge is 0.230 e. The number of methoxy groups -OCH3 is 2. The van der Waals surface area contributed by atoms with Crippen LogP contribution in [-0.4, -0.2) is 64.1 Å². The van der Waals surface area contributed by atoms with Crippen LogP contribution in [0.25, 0.3) is 32.7 Å². The molecule has 0 aliphatic rings. The van der Waals surface area contributed by atoms with E-state index in [0.717, 1.165) is 27.4 Å². The lowest BCUT2D eigenvalue weighted by molar-refractivity contribution is 0.313. The molecule has 0 bridgehead atoms. The largest absolute Gasteiger partial charge is 0.493 e. The first kappa shape index (κ1) is 31.2. The van der Waals surface area contributed by atoms with E-state index in [-0.39, 0.29) is 0 Å². The molecule has 3 heterocycles. The van der Waals surface area contributed by atoms with Gasteiger partial charge in [-0.1, -0.05) is 11.6 Å². The van der Waals surface area contributed by atoms with Gasteiger partial charge in [0.15, 0.2) is 23.0 Å². The summed E-state index contributed by atoms with van der Waals surface area (Å²) in [6.45, 7) is 2.81. The van der Waals surface area contributed by atoms with E-state index in [2.05, 4.69) is 31.0 Å². The van der Waals surface area contributed by atoms with Crippen molar-refractivity contribution >= 4 is 67.5 Å². The average molecular weight is 657 g/mol. The molecular weight excluding hydrogens is 629 g/mol. The fourth-order valence-electron chi connectivity index (χ4n) is 4.43. The second-order valence-corrected chi connectivity index (χ2v) is 10.4. The Kier molecular flexibility index (Phi) is 10.3. The molecule has 0 unspecified atom stereocenters. The zero-order valence-electron chi connectivity index (χ0n) is 24.1. The quantitative estimate of drug-likeness (QED) is 0.117. The molecule has 0 fully saturated rings. The molecular formula is C31H28Cl3N5O5. The number of ether oxygens (including phenoxy) is 5. The predicted molar refractivity (Wildman–Crippen MR) is 173 cm³/mol. The molecule has 0 atom stereocenters. The lowest BCUT2D eigenvalue weighted by Crippen LogP contribution is -2.01. The van der Waals surface area contributed by atoms with Crippen molar-refractivity contribution in [3.05, 3.63) is 72.0 Å². The number of nitrogens with one attached hydrogen (secondary N) is 1. The number of aromatic nitrogens is 5. The van der Waals surface area contributed by atoms with Gasteiger partial charge in [-0.05, 0) is 43.3 Å². The second-order valence-electron chi connectivity index (χ2n) is 9.26. The normalized spacial score (nSPS) is 10.9. The van der Waals surface area contributed by atoms with Crippen LogP contribution < -0.4 is 23.7 Å². The molecule has 0 aliphatic carbocycles. The Hall–Kier alpha value is -4.25. The van der Waals surface area contributed by atoms with Crippen molar-refractivity contribution in [2.24, 2.45) is 0 Å². The number of H-pyrrole nitrogens is 1. The molecule has 0 saturated carbocycles. The van der Waals surface area contributed by atoms with E-state index in [4.69, 9.17) is 58.5 Å². The Labute approximate surface area is 268 Å². The van der Waals surface area contributed by atoms with Gasteiger partial charge >= 0.3 is 0 Å². The SMILES string of the molecule is COc1cc2c(Cl)ncnc2cc1OCCCl.COc1cc2c(Oc3ccc4[nH]c(C)cc4c3)ncnc2cc1OCCCl. The number of alkyl halides is 2. The van der Waals surface area contributed by atoms with E-state index in [9.17, 15) is 0 Å². The number of aromatic amines is 1. The van der Waals surface area contributed by atoms with E-state index in [1.165, 1.54) is 12.7 Å². The van der Waals surface area contributed by atoms with Gasteiger partial charge in [-0.25, -0.2) is 19.9 Å². The molecule has 44 heavy (non-hydrogen) atoms. The summed E-state index contributed by atoms with van der Waals surface area (Å²) in [4.78, 5) is 19.9. The molecule has 0 saturated heterocycles. The molecule has 3 aromatic heterocycles. The minimum atomic E-state index is 0.383. The molecule has 10 nitrogen and oxygen atoms in total. The Morgan fingerprint density at radius 2 is 1.32 bits per heavy atom. The van der Waals surface area contributed by atoms with E-state index in [1.807, 2.05) is 31.2 Å². The summed E-state index contributed by atoms with van der Waals surface area (Å²) >= 11 is 17.3.